The number of methoxy groups -OCH3 is 1. The van der Waals surface area contributed by atoms with Gasteiger partial charge in [0.1, 0.15) is 5.69 Å². The average Bonchev–Trinajstić information content (AvgIpc) is 2.62. The summed E-state index contributed by atoms with van der Waals surface area (Å²) in [7, 11) is 1.36. The number of nitrogens with zero attached hydrogens (tertiary/aromatic N) is 2. The Morgan fingerprint density at radius 3 is 3.33 bits per heavy atom. The zero-order valence-electron chi connectivity index (χ0n) is 6.35. The fourth-order valence-electron chi connectivity index (χ4n) is 0.977. The quantitative estimate of drug-likeness (QED) is 0.622. The largest absolute Gasteiger partial charge is 0.464 e. The van der Waals surface area contributed by atoms with E-state index in [1.807, 2.05) is 0 Å². The minimum absolute atomic E-state index is 0.334. The highest BCUT2D eigenvalue weighted by molar-refractivity contribution is 7.15. The second-order valence-corrected chi connectivity index (χ2v) is 3.03. The summed E-state index contributed by atoms with van der Waals surface area (Å²) in [4.78, 5) is 16.0. The number of ether oxygens (including phenoxy) is 1. The molecule has 0 atom stereocenters. The van der Waals surface area contributed by atoms with Gasteiger partial charge in [-0.15, -0.1) is 11.3 Å². The number of fused-ring (bicyclic) bond motifs is 1. The smallest absolute Gasteiger partial charge is 0.355 e. The number of aromatic nitrogens is 2. The highest BCUT2D eigenvalue weighted by atomic mass is 32.1. The predicted octanol–water partition coefficient (Wildman–Crippen LogP) is 1.18. The second kappa shape index (κ2) is 2.60. The molecule has 0 fully saturated rings. The SMILES string of the molecule is COC(=O)c1csc2nccn12. The Labute approximate surface area is 72.4 Å². The molecule has 2 rings (SSSR count). The first kappa shape index (κ1) is 7.30. The van der Waals surface area contributed by atoms with Crippen molar-refractivity contribution in [3.8, 4) is 0 Å². The fourth-order valence-corrected chi connectivity index (χ4v) is 1.80. The lowest BCUT2D eigenvalue weighted by atomic mass is 10.5. The van der Waals surface area contributed by atoms with E-state index in [0.29, 0.717) is 5.69 Å². The Bertz CT molecular complexity index is 418. The molecule has 0 unspecified atom stereocenters. The van der Waals surface area contributed by atoms with Gasteiger partial charge in [0.05, 0.1) is 7.11 Å². The summed E-state index contributed by atoms with van der Waals surface area (Å²) in [5, 5.41) is 1.73. The zero-order chi connectivity index (χ0) is 8.55. The molecule has 0 amide bonds. The molecule has 0 aliphatic carbocycles. The van der Waals surface area contributed by atoms with Crippen LogP contribution in [-0.2, 0) is 4.74 Å². The first-order valence-electron chi connectivity index (χ1n) is 3.32. The van der Waals surface area contributed by atoms with Crippen molar-refractivity contribution in [2.24, 2.45) is 0 Å². The lowest BCUT2D eigenvalue weighted by Crippen LogP contribution is -2.03. The molecule has 4 nitrogen and oxygen atoms in total. The monoisotopic (exact) mass is 182 g/mol. The molecule has 0 N–H and O–H groups in total. The topological polar surface area (TPSA) is 43.6 Å². The molecule has 2 aromatic rings. The molecule has 2 aromatic heterocycles. The summed E-state index contributed by atoms with van der Waals surface area (Å²) < 4.78 is 6.30. The van der Waals surface area contributed by atoms with Crippen LogP contribution >= 0.6 is 11.3 Å². The van der Waals surface area contributed by atoms with E-state index in [0.717, 1.165) is 4.96 Å². The van der Waals surface area contributed by atoms with Crippen LogP contribution in [0.2, 0.25) is 0 Å². The fraction of sp³-hybridized carbons (Fsp3) is 0.143. The van der Waals surface area contributed by atoms with Gasteiger partial charge >= 0.3 is 5.97 Å². The summed E-state index contributed by atoms with van der Waals surface area (Å²) in [5.41, 5.74) is 0.523. The van der Waals surface area contributed by atoms with Crippen LogP contribution in [0.15, 0.2) is 17.8 Å². The minimum atomic E-state index is -0.334. The number of rotatable bonds is 1. The van der Waals surface area contributed by atoms with Crippen LogP contribution in [0, 0.1) is 0 Å². The Morgan fingerprint density at radius 2 is 2.58 bits per heavy atom. The van der Waals surface area contributed by atoms with Crippen molar-refractivity contribution in [2.45, 2.75) is 0 Å². The summed E-state index contributed by atoms with van der Waals surface area (Å²) in [6.45, 7) is 0. The first-order valence-corrected chi connectivity index (χ1v) is 4.20. The van der Waals surface area contributed by atoms with Crippen molar-refractivity contribution in [3.05, 3.63) is 23.5 Å². The lowest BCUT2D eigenvalue weighted by molar-refractivity contribution is 0.0593. The van der Waals surface area contributed by atoms with E-state index in [2.05, 4.69) is 9.72 Å². The Kier molecular flexibility index (Phi) is 1.58. The van der Waals surface area contributed by atoms with Crippen molar-refractivity contribution in [1.29, 1.82) is 0 Å². The molecule has 0 bridgehead atoms. The second-order valence-electron chi connectivity index (χ2n) is 2.19. The normalized spacial score (nSPS) is 10.4. The highest BCUT2D eigenvalue weighted by Gasteiger charge is 2.11. The average molecular weight is 182 g/mol. The Balaban J connectivity index is 2.61. The van der Waals surface area contributed by atoms with Crippen LogP contribution in [0.1, 0.15) is 10.5 Å². The van der Waals surface area contributed by atoms with Gasteiger partial charge in [0.25, 0.3) is 0 Å². The number of esters is 1. The molecule has 0 spiro atoms. The Morgan fingerprint density at radius 1 is 1.75 bits per heavy atom. The molecule has 0 radical (unpaired) electrons. The van der Waals surface area contributed by atoms with Crippen LogP contribution in [0.5, 0.6) is 0 Å². The van der Waals surface area contributed by atoms with Crippen molar-refractivity contribution >= 4 is 22.3 Å². The van der Waals surface area contributed by atoms with E-state index in [9.17, 15) is 4.79 Å². The highest BCUT2D eigenvalue weighted by Crippen LogP contribution is 2.14. The maximum atomic E-state index is 11.1. The van der Waals surface area contributed by atoms with Crippen LogP contribution in [0.4, 0.5) is 0 Å². The first-order chi connectivity index (χ1) is 5.83. The van der Waals surface area contributed by atoms with E-state index in [1.54, 1.807) is 22.2 Å². The predicted molar refractivity (Wildman–Crippen MR) is 44.4 cm³/mol. The van der Waals surface area contributed by atoms with Crippen LogP contribution in [0.25, 0.3) is 4.96 Å². The zero-order valence-corrected chi connectivity index (χ0v) is 7.17. The number of carbonyl (C=O) groups excluding carboxylic acids is 1. The van der Waals surface area contributed by atoms with E-state index < -0.39 is 0 Å². The number of imidazole rings is 1. The summed E-state index contributed by atoms with van der Waals surface area (Å²) >= 11 is 1.42. The van der Waals surface area contributed by atoms with Crippen LogP contribution in [-0.4, -0.2) is 22.5 Å². The molecular formula is C7H6N2O2S. The molecule has 12 heavy (non-hydrogen) atoms. The minimum Gasteiger partial charge on any atom is -0.464 e. The van der Waals surface area contributed by atoms with E-state index in [-0.39, 0.29) is 5.97 Å². The molecule has 5 heteroatoms. The third-order valence-corrected chi connectivity index (χ3v) is 2.39. The lowest BCUT2D eigenvalue weighted by Gasteiger charge is -1.94. The van der Waals surface area contributed by atoms with Gasteiger partial charge in [-0.2, -0.15) is 0 Å². The maximum Gasteiger partial charge on any atom is 0.355 e. The number of hydrogen-bond acceptors (Lipinski definition) is 4. The van der Waals surface area contributed by atoms with Gasteiger partial charge in [-0.1, -0.05) is 0 Å². The molecule has 0 aliphatic heterocycles. The summed E-state index contributed by atoms with van der Waals surface area (Å²) in [5.74, 6) is -0.334. The summed E-state index contributed by atoms with van der Waals surface area (Å²) in [6, 6.07) is 0. The van der Waals surface area contributed by atoms with E-state index >= 15 is 0 Å². The third kappa shape index (κ3) is 0.902. The van der Waals surface area contributed by atoms with Crippen molar-refractivity contribution in [3.63, 3.8) is 0 Å². The number of thiazole rings is 1. The van der Waals surface area contributed by atoms with E-state index in [1.165, 1.54) is 18.4 Å². The van der Waals surface area contributed by atoms with Crippen LogP contribution in [0.3, 0.4) is 0 Å². The summed E-state index contributed by atoms with van der Waals surface area (Å²) in [6.07, 6.45) is 3.39. The molecule has 0 aromatic carbocycles. The third-order valence-electron chi connectivity index (χ3n) is 1.54. The molecule has 62 valence electrons. The molecule has 2 heterocycles. The van der Waals surface area contributed by atoms with Crippen molar-refractivity contribution < 1.29 is 9.53 Å². The molecule has 0 aliphatic rings. The van der Waals surface area contributed by atoms with Gasteiger partial charge < -0.3 is 4.74 Å². The molecule has 0 saturated heterocycles. The number of carbonyl (C=O) groups is 1. The molecule has 0 saturated carbocycles. The van der Waals surface area contributed by atoms with Crippen LogP contribution < -0.4 is 0 Å². The van der Waals surface area contributed by atoms with Gasteiger partial charge in [-0.05, 0) is 0 Å². The van der Waals surface area contributed by atoms with Gasteiger partial charge in [-0.25, -0.2) is 9.78 Å². The maximum absolute atomic E-state index is 11.1. The standard InChI is InChI=1S/C7H6N2O2S/c1-11-6(10)5-4-12-7-8-2-3-9(5)7/h2-4H,1H3. The number of hydrogen-bond donors (Lipinski definition) is 0. The molecular weight excluding hydrogens is 176 g/mol. The van der Waals surface area contributed by atoms with Gasteiger partial charge in [-0.3, -0.25) is 4.40 Å². The van der Waals surface area contributed by atoms with Gasteiger partial charge in [0.15, 0.2) is 4.96 Å². The Hall–Kier alpha value is -1.36. The van der Waals surface area contributed by atoms with E-state index in [4.69, 9.17) is 0 Å². The van der Waals surface area contributed by atoms with Crippen molar-refractivity contribution in [2.75, 3.05) is 7.11 Å². The van der Waals surface area contributed by atoms with Gasteiger partial charge in [0, 0.05) is 17.8 Å². The van der Waals surface area contributed by atoms with Gasteiger partial charge in [0.2, 0.25) is 0 Å². The van der Waals surface area contributed by atoms with Crippen molar-refractivity contribution in [1.82, 2.24) is 9.38 Å².